The summed E-state index contributed by atoms with van der Waals surface area (Å²) in [5.74, 6) is -3.48. The summed E-state index contributed by atoms with van der Waals surface area (Å²) in [7, 11) is -2.66. The van der Waals surface area contributed by atoms with Gasteiger partial charge >= 0.3 is 25.5 Å². The summed E-state index contributed by atoms with van der Waals surface area (Å²) in [6, 6.07) is 7.96. The van der Waals surface area contributed by atoms with E-state index < -0.39 is 37.6 Å². The molecule has 0 amide bonds. The second-order valence-electron chi connectivity index (χ2n) is 5.56. The first-order valence-corrected chi connectivity index (χ1v) is 11.4. The van der Waals surface area contributed by atoms with Gasteiger partial charge in [-0.3, -0.25) is 14.2 Å². The van der Waals surface area contributed by atoms with E-state index >= 15 is 0 Å². The lowest BCUT2D eigenvalue weighted by molar-refractivity contribution is -0.146. The summed E-state index contributed by atoms with van der Waals surface area (Å²) in [6.45, 7) is 1.54. The zero-order chi connectivity index (χ0) is 21.0. The minimum atomic E-state index is -4.03. The molecule has 0 aliphatic heterocycles. The monoisotopic (exact) mass is 434 g/mol. The molecule has 0 aliphatic carbocycles. The fourth-order valence-electron chi connectivity index (χ4n) is 2.17. The normalized spacial score (nSPS) is 14.4. The highest BCUT2D eigenvalue weighted by molar-refractivity contribution is 7.52. The van der Waals surface area contributed by atoms with Crippen LogP contribution in [-0.4, -0.2) is 49.0 Å². The van der Waals surface area contributed by atoms with Gasteiger partial charge in [0.1, 0.15) is 6.35 Å². The lowest BCUT2D eigenvalue weighted by Gasteiger charge is -2.18. The van der Waals surface area contributed by atoms with Crippen molar-refractivity contribution in [2.24, 2.45) is 5.92 Å². The lowest BCUT2D eigenvalue weighted by Crippen LogP contribution is -2.23. The molecular formula is C17H24O9P2. The molecule has 0 aromatic heterocycles. The number of ether oxygens (including phenoxy) is 2. The Bertz CT molecular complexity index is 693. The van der Waals surface area contributed by atoms with Crippen molar-refractivity contribution in [2.45, 2.75) is 19.8 Å². The van der Waals surface area contributed by atoms with Crippen molar-refractivity contribution in [1.29, 1.82) is 0 Å². The average Bonchev–Trinajstić information content (AvgIpc) is 2.65. The van der Waals surface area contributed by atoms with Gasteiger partial charge < -0.3 is 23.4 Å². The number of hydrogen-bond donors (Lipinski definition) is 1. The van der Waals surface area contributed by atoms with Gasteiger partial charge in [0.15, 0.2) is 0 Å². The van der Waals surface area contributed by atoms with E-state index in [2.05, 4.69) is 0 Å². The number of benzene rings is 1. The van der Waals surface area contributed by atoms with Gasteiger partial charge in [0.05, 0.1) is 33.1 Å². The molecule has 28 heavy (non-hydrogen) atoms. The largest absolute Gasteiger partial charge is 0.459 e. The van der Waals surface area contributed by atoms with E-state index in [1.165, 1.54) is 19.2 Å². The van der Waals surface area contributed by atoms with E-state index in [-0.39, 0.29) is 40.2 Å². The van der Waals surface area contributed by atoms with Crippen molar-refractivity contribution < 1.29 is 42.4 Å². The zero-order valence-corrected chi connectivity index (χ0v) is 17.6. The molecule has 0 fully saturated rings. The maximum Gasteiger partial charge on any atom is 0.345 e. The molecule has 1 aromatic rings. The second kappa shape index (κ2) is 12.8. The summed E-state index contributed by atoms with van der Waals surface area (Å²) in [5, 5.41) is 0. The maximum absolute atomic E-state index is 12.2. The molecule has 11 heteroatoms. The van der Waals surface area contributed by atoms with Crippen molar-refractivity contribution in [2.75, 3.05) is 26.2 Å². The minimum absolute atomic E-state index is 0.00573. The number of carbonyl (C=O) groups is 3. The molecule has 0 radical (unpaired) electrons. The van der Waals surface area contributed by atoms with E-state index in [0.717, 1.165) is 0 Å². The van der Waals surface area contributed by atoms with Crippen molar-refractivity contribution in [3.63, 3.8) is 0 Å². The zero-order valence-electron chi connectivity index (χ0n) is 15.7. The van der Waals surface area contributed by atoms with Crippen molar-refractivity contribution in [1.82, 2.24) is 0 Å². The molecule has 1 N–H and O–H groups in total. The SMILES string of the molecule is CCOP(=O)(O)CC(CCC(=O)OC(=O)c1ccccc1)C(=O)OCPOC. The summed E-state index contributed by atoms with van der Waals surface area (Å²) in [6.07, 6.45) is -0.951. The molecule has 1 rings (SSSR count). The van der Waals surface area contributed by atoms with Gasteiger partial charge in [-0.05, 0) is 25.5 Å². The number of rotatable bonds is 12. The Morgan fingerprint density at radius 3 is 2.50 bits per heavy atom. The van der Waals surface area contributed by atoms with Crippen LogP contribution in [0.2, 0.25) is 0 Å². The molecule has 1 aromatic carbocycles. The topological polar surface area (TPSA) is 125 Å². The van der Waals surface area contributed by atoms with Crippen LogP contribution in [0.25, 0.3) is 0 Å². The van der Waals surface area contributed by atoms with Gasteiger partial charge in [-0.2, -0.15) is 0 Å². The number of hydrogen-bond acceptors (Lipinski definition) is 8. The number of carbonyl (C=O) groups excluding carboxylic acids is 3. The molecule has 0 spiro atoms. The van der Waals surface area contributed by atoms with Gasteiger partial charge in [0.25, 0.3) is 0 Å². The van der Waals surface area contributed by atoms with Crippen molar-refractivity contribution in [3.05, 3.63) is 35.9 Å². The van der Waals surface area contributed by atoms with Gasteiger partial charge in [0.2, 0.25) is 0 Å². The molecule has 0 saturated carbocycles. The van der Waals surface area contributed by atoms with Crippen LogP contribution in [-0.2, 0) is 32.7 Å². The molecule has 0 aliphatic rings. The van der Waals surface area contributed by atoms with Gasteiger partial charge in [-0.25, -0.2) is 4.79 Å². The van der Waals surface area contributed by atoms with Crippen LogP contribution in [0, 0.1) is 5.92 Å². The fourth-order valence-corrected chi connectivity index (χ4v) is 3.89. The fraction of sp³-hybridized carbons (Fsp3) is 0.471. The van der Waals surface area contributed by atoms with Gasteiger partial charge in [-0.15, -0.1) is 0 Å². The Morgan fingerprint density at radius 2 is 1.89 bits per heavy atom. The molecule has 0 bridgehead atoms. The summed E-state index contributed by atoms with van der Waals surface area (Å²) < 4.78 is 31.3. The molecule has 0 saturated heterocycles. The van der Waals surface area contributed by atoms with Gasteiger partial charge in [-0.1, -0.05) is 18.2 Å². The second-order valence-corrected chi connectivity index (χ2v) is 8.44. The maximum atomic E-state index is 12.2. The van der Waals surface area contributed by atoms with E-state index in [0.29, 0.717) is 0 Å². The third-order valence-corrected chi connectivity index (χ3v) is 5.56. The third-order valence-electron chi connectivity index (χ3n) is 3.45. The van der Waals surface area contributed by atoms with Crippen molar-refractivity contribution >= 4 is 34.3 Å². The van der Waals surface area contributed by atoms with E-state index in [9.17, 15) is 23.8 Å². The van der Waals surface area contributed by atoms with Crippen LogP contribution in [0.5, 0.6) is 0 Å². The highest BCUT2D eigenvalue weighted by Gasteiger charge is 2.31. The summed E-state index contributed by atoms with van der Waals surface area (Å²) in [4.78, 5) is 45.8. The Kier molecular flexibility index (Phi) is 11.1. The van der Waals surface area contributed by atoms with E-state index in [4.69, 9.17) is 18.5 Å². The van der Waals surface area contributed by atoms with Crippen LogP contribution in [0.15, 0.2) is 30.3 Å². The molecular weight excluding hydrogens is 410 g/mol. The number of esters is 3. The predicted octanol–water partition coefficient (Wildman–Crippen LogP) is 2.73. The van der Waals surface area contributed by atoms with Crippen molar-refractivity contribution in [3.8, 4) is 0 Å². The molecule has 3 atom stereocenters. The highest BCUT2D eigenvalue weighted by Crippen LogP contribution is 2.44. The third kappa shape index (κ3) is 9.53. The molecule has 9 nitrogen and oxygen atoms in total. The first-order valence-electron chi connectivity index (χ1n) is 8.48. The highest BCUT2D eigenvalue weighted by atomic mass is 31.2. The van der Waals surface area contributed by atoms with Crippen LogP contribution >= 0.6 is 16.4 Å². The van der Waals surface area contributed by atoms with E-state index in [1.54, 1.807) is 25.1 Å². The first kappa shape index (κ1) is 24.4. The smallest absolute Gasteiger partial charge is 0.345 e. The lowest BCUT2D eigenvalue weighted by atomic mass is 10.1. The Labute approximate surface area is 165 Å². The van der Waals surface area contributed by atoms with Crippen LogP contribution in [0.3, 0.4) is 0 Å². The molecule has 156 valence electrons. The minimum Gasteiger partial charge on any atom is -0.459 e. The van der Waals surface area contributed by atoms with Gasteiger partial charge in [0, 0.05) is 13.5 Å². The van der Waals surface area contributed by atoms with Crippen LogP contribution in [0.4, 0.5) is 0 Å². The Morgan fingerprint density at radius 1 is 1.21 bits per heavy atom. The van der Waals surface area contributed by atoms with E-state index in [1.807, 2.05) is 0 Å². The summed E-state index contributed by atoms with van der Waals surface area (Å²) >= 11 is 0. The van der Waals surface area contributed by atoms with Crippen LogP contribution < -0.4 is 0 Å². The standard InChI is InChI=1S/C17H24O9P2/c1-3-25-28(21,22)11-14(16(19)24-12-27-23-2)9-10-15(18)26-17(20)13-7-5-4-6-8-13/h4-8,14,27H,3,9-12H2,1-2H3,(H,21,22). The Hall–Kier alpha value is -1.63. The quantitative estimate of drug-likeness (QED) is 0.229. The Balaban J connectivity index is 2.65. The van der Waals surface area contributed by atoms with Crippen LogP contribution in [0.1, 0.15) is 30.1 Å². The average molecular weight is 434 g/mol. The molecule has 3 unspecified atom stereocenters. The first-order chi connectivity index (χ1) is 13.3. The molecule has 0 heterocycles. The predicted molar refractivity (Wildman–Crippen MR) is 102 cm³/mol. The summed E-state index contributed by atoms with van der Waals surface area (Å²) in [5.41, 5.74) is 0.212.